The Labute approximate surface area is 133 Å². The van der Waals surface area contributed by atoms with Crippen LogP contribution in [0.1, 0.15) is 6.42 Å². The second-order valence-electron chi connectivity index (χ2n) is 3.00. The first-order chi connectivity index (χ1) is 6.97. The van der Waals surface area contributed by atoms with Crippen LogP contribution in [0, 0.1) is 12.3 Å². The van der Waals surface area contributed by atoms with Gasteiger partial charge in [-0.2, -0.15) is 17.5 Å². The van der Waals surface area contributed by atoms with Gasteiger partial charge in [-0.3, -0.25) is 6.08 Å². The minimum Gasteiger partial charge on any atom is -1.00 e. The van der Waals surface area contributed by atoms with Gasteiger partial charge in [0, 0.05) is 0 Å². The van der Waals surface area contributed by atoms with Crippen LogP contribution < -0.4 is 24.8 Å². The van der Waals surface area contributed by atoms with Crippen LogP contribution in [0.15, 0.2) is 48.6 Å². The summed E-state index contributed by atoms with van der Waals surface area (Å²) in [7, 11) is 0. The van der Waals surface area contributed by atoms with Crippen LogP contribution >= 0.6 is 0 Å². The largest absolute Gasteiger partial charge is 4.00 e. The molecule has 0 aliphatic heterocycles. The Balaban J connectivity index is 0. The van der Waals surface area contributed by atoms with E-state index in [-0.39, 0.29) is 51.0 Å². The van der Waals surface area contributed by atoms with Crippen molar-refractivity contribution < 1.29 is 51.0 Å². The van der Waals surface area contributed by atoms with Gasteiger partial charge < -0.3 is 29.8 Å². The number of H-pyrrole nitrogens is 1. The van der Waals surface area contributed by atoms with Crippen molar-refractivity contribution in [2.75, 3.05) is 0 Å². The summed E-state index contributed by atoms with van der Waals surface area (Å²) in [6.45, 7) is 0. The van der Waals surface area contributed by atoms with E-state index in [0.29, 0.717) is 0 Å². The van der Waals surface area contributed by atoms with Gasteiger partial charge in [-0.15, -0.1) is 30.3 Å². The summed E-state index contributed by atoms with van der Waals surface area (Å²) in [6.07, 6.45) is 12.9. The minimum atomic E-state index is 0. The number of fused-ring (bicyclic) bond motifs is 1. The van der Waals surface area contributed by atoms with Crippen molar-refractivity contribution in [2.45, 2.75) is 6.42 Å². The second-order valence-corrected chi connectivity index (χ2v) is 3.00. The van der Waals surface area contributed by atoms with E-state index in [2.05, 4.69) is 29.4 Å². The van der Waals surface area contributed by atoms with Crippen LogP contribution in [-0.4, -0.2) is 4.98 Å². The Morgan fingerprint density at radius 3 is 2.41 bits per heavy atom. The molecule has 1 N–H and O–H groups in total. The number of nitrogens with one attached hydrogen (secondary N) is 1. The molecule has 2 aromatic rings. The average molecular weight is 343 g/mol. The number of aromatic nitrogens is 1. The molecule has 0 bridgehead atoms. The summed E-state index contributed by atoms with van der Waals surface area (Å²) >= 11 is 0. The molecule has 0 atom stereocenters. The smallest absolute Gasteiger partial charge is 1.00 e. The number of hydrogen-bond acceptors (Lipinski definition) is 0. The number of halogens is 2. The van der Waals surface area contributed by atoms with E-state index >= 15 is 0 Å². The fraction of sp³-hybridized carbons (Fsp3) is 0.0769. The van der Waals surface area contributed by atoms with Crippen LogP contribution in [0.2, 0.25) is 0 Å². The van der Waals surface area contributed by atoms with E-state index in [1.807, 2.05) is 36.4 Å². The molecule has 3 rings (SSSR count). The Morgan fingerprint density at radius 2 is 1.88 bits per heavy atom. The molecule has 1 aliphatic rings. The maximum absolute atomic E-state index is 2.99. The van der Waals surface area contributed by atoms with Crippen molar-refractivity contribution in [1.82, 2.24) is 4.98 Å². The van der Waals surface area contributed by atoms with Crippen LogP contribution in [0.4, 0.5) is 0 Å². The number of para-hydroxylation sites is 1. The van der Waals surface area contributed by atoms with Crippen molar-refractivity contribution in [3.05, 3.63) is 60.8 Å². The number of rotatable bonds is 0. The molecule has 0 spiro atoms. The van der Waals surface area contributed by atoms with Crippen molar-refractivity contribution in [1.29, 1.82) is 0 Å². The molecule has 1 heterocycles. The maximum Gasteiger partial charge on any atom is 4.00 e. The number of hydrogen-bond donors (Lipinski definition) is 1. The Bertz CT molecular complexity index is 423. The monoisotopic (exact) mass is 341 g/mol. The first-order valence-electron chi connectivity index (χ1n) is 4.62. The molecule has 0 unspecified atom stereocenters. The molecule has 1 nitrogen and oxygen atoms in total. The molecule has 1 aromatic heterocycles. The number of aromatic amines is 1. The van der Waals surface area contributed by atoms with Crippen LogP contribution in [0.25, 0.3) is 10.9 Å². The van der Waals surface area contributed by atoms with E-state index in [4.69, 9.17) is 0 Å². The summed E-state index contributed by atoms with van der Waals surface area (Å²) in [5, 5.41) is 1.22. The van der Waals surface area contributed by atoms with Crippen LogP contribution in [-0.2, 0) is 26.2 Å². The van der Waals surface area contributed by atoms with Crippen molar-refractivity contribution in [3.63, 3.8) is 0 Å². The zero-order valence-corrected chi connectivity index (χ0v) is 13.1. The molecule has 4 heteroatoms. The van der Waals surface area contributed by atoms with Crippen molar-refractivity contribution in [2.24, 2.45) is 0 Å². The summed E-state index contributed by atoms with van der Waals surface area (Å²) < 4.78 is 0. The first-order valence-corrected chi connectivity index (χ1v) is 4.62. The summed E-state index contributed by atoms with van der Waals surface area (Å²) in [4.78, 5) is 2.99. The summed E-state index contributed by atoms with van der Waals surface area (Å²) in [6, 6.07) is 10.1. The van der Waals surface area contributed by atoms with E-state index in [9.17, 15) is 0 Å². The maximum atomic E-state index is 2.99. The van der Waals surface area contributed by atoms with E-state index < -0.39 is 0 Å². The molecule has 1 aliphatic carbocycles. The Kier molecular flexibility index (Phi) is 12.1. The first kappa shape index (κ1) is 19.1. The predicted molar refractivity (Wildman–Crippen MR) is 58.7 cm³/mol. The molecule has 86 valence electrons. The van der Waals surface area contributed by atoms with Gasteiger partial charge in [0.2, 0.25) is 0 Å². The topological polar surface area (TPSA) is 15.8 Å². The molecule has 0 fully saturated rings. The number of allylic oxidation sites excluding steroid dienone is 4. The standard InChI is InChI=1S/C8H6N.C5H5.2ClH.Zr/c1-2-4-8-7(3-1)5-6-9-8;1-2-4-5-3-1;;;/h1-5,9H;1-3H,4H2;2*1H;/q2*-1;;;+4/p-2. The Hall–Kier alpha value is -0.297. The van der Waals surface area contributed by atoms with E-state index in [1.54, 1.807) is 0 Å². The van der Waals surface area contributed by atoms with Gasteiger partial charge in [0.25, 0.3) is 0 Å². The fourth-order valence-corrected chi connectivity index (χ4v) is 1.27. The average Bonchev–Trinajstić information content (AvgIpc) is 2.92. The zero-order valence-electron chi connectivity index (χ0n) is 9.08. The fourth-order valence-electron chi connectivity index (χ4n) is 1.27. The van der Waals surface area contributed by atoms with Gasteiger partial charge in [-0.05, 0) is 0 Å². The third kappa shape index (κ3) is 6.26. The van der Waals surface area contributed by atoms with Crippen molar-refractivity contribution >= 4 is 10.9 Å². The SMILES string of the molecule is [C-]1=CC=CC1.[Cl-].[Cl-].[Zr+4].[c-]1cc2ccccc2[nH]1. The van der Waals surface area contributed by atoms with Gasteiger partial charge in [-0.1, -0.05) is 12.1 Å². The molecule has 0 saturated heterocycles. The van der Waals surface area contributed by atoms with Gasteiger partial charge in [-0.25, -0.2) is 12.2 Å². The van der Waals surface area contributed by atoms with Gasteiger partial charge in [0.05, 0.1) is 0 Å². The Morgan fingerprint density at radius 1 is 1.12 bits per heavy atom. The molecule has 0 saturated carbocycles. The molecule has 0 radical (unpaired) electrons. The van der Waals surface area contributed by atoms with Gasteiger partial charge in [0.1, 0.15) is 0 Å². The van der Waals surface area contributed by atoms with E-state index in [1.165, 1.54) is 5.39 Å². The van der Waals surface area contributed by atoms with Gasteiger partial charge in [0.15, 0.2) is 0 Å². The quantitative estimate of drug-likeness (QED) is 0.501. The summed E-state index contributed by atoms with van der Waals surface area (Å²) in [5.41, 5.74) is 1.15. The third-order valence-electron chi connectivity index (χ3n) is 1.98. The summed E-state index contributed by atoms with van der Waals surface area (Å²) in [5.74, 6) is 0. The zero-order chi connectivity index (χ0) is 9.64. The van der Waals surface area contributed by atoms with E-state index in [0.717, 1.165) is 11.9 Å². The van der Waals surface area contributed by atoms with Crippen molar-refractivity contribution in [3.8, 4) is 0 Å². The second kappa shape index (κ2) is 10.8. The number of benzene rings is 1. The minimum absolute atomic E-state index is 0. The molecule has 1 aromatic carbocycles. The third-order valence-corrected chi connectivity index (χ3v) is 1.98. The molecular formula is C13H11Cl2NZr. The molecular weight excluding hydrogens is 332 g/mol. The van der Waals surface area contributed by atoms with Crippen LogP contribution in [0.5, 0.6) is 0 Å². The molecule has 17 heavy (non-hydrogen) atoms. The van der Waals surface area contributed by atoms with Crippen LogP contribution in [0.3, 0.4) is 0 Å². The molecule has 0 amide bonds. The predicted octanol–water partition coefficient (Wildman–Crippen LogP) is -2.72. The normalized spacial score (nSPS) is 10.6. The van der Waals surface area contributed by atoms with Gasteiger partial charge >= 0.3 is 26.2 Å².